The summed E-state index contributed by atoms with van der Waals surface area (Å²) < 4.78 is 16.7. The van der Waals surface area contributed by atoms with Gasteiger partial charge in [-0.1, -0.05) is 0 Å². The molecule has 60 valence electrons. The second kappa shape index (κ2) is 2.79. The molecule has 5 heteroatoms. The average molecular weight is 152 g/mol. The van der Waals surface area contributed by atoms with Gasteiger partial charge in [-0.15, -0.1) is 0 Å². The predicted octanol–water partition coefficient (Wildman–Crippen LogP) is -1.61. The topological polar surface area (TPSA) is 69.9 Å². The monoisotopic (exact) mass is 152 g/mol. The van der Waals surface area contributed by atoms with Crippen molar-refractivity contribution in [3.63, 3.8) is 0 Å². The smallest absolute Gasteiger partial charge is 0.183 e. The molecule has 1 heterocycles. The number of aliphatic hydroxyl groups excluding tert-OH is 3. The standard InChI is InChI=1S/C5H9FO4/c6-2-1-10-5(9)4(8)3(2)7/h2-5,7-9H,1H2/t2-,3-,4-,5+/m1/s1. The number of halogens is 1. The second-order valence-corrected chi connectivity index (χ2v) is 2.22. The molecule has 0 aliphatic carbocycles. The lowest BCUT2D eigenvalue weighted by atomic mass is 10.1. The van der Waals surface area contributed by atoms with Crippen LogP contribution in [0.4, 0.5) is 4.39 Å². The van der Waals surface area contributed by atoms with E-state index in [2.05, 4.69) is 4.74 Å². The lowest BCUT2D eigenvalue weighted by Crippen LogP contribution is -2.51. The van der Waals surface area contributed by atoms with Gasteiger partial charge in [0.05, 0.1) is 6.61 Å². The molecule has 0 aromatic heterocycles. The Balaban J connectivity index is 2.52. The summed E-state index contributed by atoms with van der Waals surface area (Å²) in [6.45, 7) is -0.376. The number of hydrogen-bond donors (Lipinski definition) is 3. The lowest BCUT2D eigenvalue weighted by Gasteiger charge is -2.30. The Kier molecular flexibility index (Phi) is 2.20. The maximum Gasteiger partial charge on any atom is 0.183 e. The summed E-state index contributed by atoms with van der Waals surface area (Å²) in [5, 5.41) is 26.2. The molecule has 0 aromatic carbocycles. The molecule has 1 fully saturated rings. The van der Waals surface area contributed by atoms with Gasteiger partial charge in [0.15, 0.2) is 12.5 Å². The fraction of sp³-hybridized carbons (Fsp3) is 1.00. The number of ether oxygens (including phenoxy) is 1. The van der Waals surface area contributed by atoms with Crippen LogP contribution in [0.5, 0.6) is 0 Å². The van der Waals surface area contributed by atoms with E-state index in [1.807, 2.05) is 0 Å². The van der Waals surface area contributed by atoms with E-state index in [1.54, 1.807) is 0 Å². The molecule has 4 atom stereocenters. The predicted molar refractivity (Wildman–Crippen MR) is 28.9 cm³/mol. The highest BCUT2D eigenvalue weighted by molar-refractivity contribution is 4.81. The number of rotatable bonds is 0. The maximum atomic E-state index is 12.4. The molecule has 1 saturated heterocycles. The second-order valence-electron chi connectivity index (χ2n) is 2.22. The molecule has 3 N–H and O–H groups in total. The molecule has 1 aliphatic heterocycles. The van der Waals surface area contributed by atoms with Crippen molar-refractivity contribution in [2.24, 2.45) is 0 Å². The van der Waals surface area contributed by atoms with E-state index in [4.69, 9.17) is 15.3 Å². The first-order valence-electron chi connectivity index (χ1n) is 2.93. The zero-order valence-corrected chi connectivity index (χ0v) is 5.14. The SMILES string of the molecule is O[C@@H]1[C@H](O)[C@H](F)CO[C@@H]1O. The lowest BCUT2D eigenvalue weighted by molar-refractivity contribution is -0.240. The van der Waals surface area contributed by atoms with Gasteiger partial charge in [0.25, 0.3) is 0 Å². The first-order valence-corrected chi connectivity index (χ1v) is 2.93. The zero-order valence-electron chi connectivity index (χ0n) is 5.14. The number of hydrogen-bond acceptors (Lipinski definition) is 4. The molecule has 0 unspecified atom stereocenters. The summed E-state index contributed by atoms with van der Waals surface area (Å²) in [4.78, 5) is 0. The van der Waals surface area contributed by atoms with Crippen LogP contribution in [-0.2, 0) is 4.74 Å². The third kappa shape index (κ3) is 1.27. The molecule has 0 spiro atoms. The summed E-state index contributed by atoms with van der Waals surface area (Å²) in [6.07, 6.45) is -6.16. The molecule has 10 heavy (non-hydrogen) atoms. The van der Waals surface area contributed by atoms with E-state index in [1.165, 1.54) is 0 Å². The van der Waals surface area contributed by atoms with Crippen molar-refractivity contribution in [3.8, 4) is 0 Å². The van der Waals surface area contributed by atoms with Gasteiger partial charge in [-0.25, -0.2) is 4.39 Å². The molecule has 0 bridgehead atoms. The van der Waals surface area contributed by atoms with Gasteiger partial charge in [-0.05, 0) is 0 Å². The zero-order chi connectivity index (χ0) is 7.72. The number of alkyl halides is 1. The molecule has 0 amide bonds. The summed E-state index contributed by atoms with van der Waals surface area (Å²) in [5.41, 5.74) is 0. The van der Waals surface area contributed by atoms with E-state index >= 15 is 0 Å². The minimum Gasteiger partial charge on any atom is -0.387 e. The van der Waals surface area contributed by atoms with E-state index in [-0.39, 0.29) is 6.61 Å². The van der Waals surface area contributed by atoms with Gasteiger partial charge >= 0.3 is 0 Å². The van der Waals surface area contributed by atoms with Gasteiger partial charge in [0, 0.05) is 0 Å². The van der Waals surface area contributed by atoms with E-state index < -0.39 is 24.7 Å². The van der Waals surface area contributed by atoms with Crippen molar-refractivity contribution in [1.29, 1.82) is 0 Å². The first-order chi connectivity index (χ1) is 4.63. The van der Waals surface area contributed by atoms with Crippen LogP contribution in [0.2, 0.25) is 0 Å². The summed E-state index contributed by atoms with van der Waals surface area (Å²) in [5.74, 6) is 0. The minimum absolute atomic E-state index is 0.376. The summed E-state index contributed by atoms with van der Waals surface area (Å²) >= 11 is 0. The fourth-order valence-electron chi connectivity index (χ4n) is 0.770. The molecule has 1 rings (SSSR count). The van der Waals surface area contributed by atoms with Crippen molar-refractivity contribution >= 4 is 0 Å². The van der Waals surface area contributed by atoms with Crippen molar-refractivity contribution < 1.29 is 24.4 Å². The Labute approximate surface area is 56.9 Å². The molecule has 0 radical (unpaired) electrons. The van der Waals surface area contributed by atoms with Crippen LogP contribution in [0.15, 0.2) is 0 Å². The van der Waals surface area contributed by atoms with Crippen molar-refractivity contribution in [1.82, 2.24) is 0 Å². The number of aliphatic hydroxyl groups is 3. The van der Waals surface area contributed by atoms with Crippen LogP contribution in [0.25, 0.3) is 0 Å². The van der Waals surface area contributed by atoms with Crippen LogP contribution >= 0.6 is 0 Å². The van der Waals surface area contributed by atoms with E-state index in [9.17, 15) is 4.39 Å². The van der Waals surface area contributed by atoms with E-state index in [0.29, 0.717) is 0 Å². The van der Waals surface area contributed by atoms with Gasteiger partial charge < -0.3 is 20.1 Å². The highest BCUT2D eigenvalue weighted by Gasteiger charge is 2.37. The Hall–Kier alpha value is -0.230. The quantitative estimate of drug-likeness (QED) is 0.391. The van der Waals surface area contributed by atoms with Crippen molar-refractivity contribution in [2.45, 2.75) is 24.7 Å². The molecule has 1 aliphatic rings. The molecule has 0 saturated carbocycles. The third-order valence-corrected chi connectivity index (χ3v) is 1.44. The Morgan fingerprint density at radius 2 is 1.80 bits per heavy atom. The molecule has 0 aromatic rings. The van der Waals surface area contributed by atoms with Gasteiger partial charge in [-0.2, -0.15) is 0 Å². The van der Waals surface area contributed by atoms with Gasteiger partial charge in [-0.3, -0.25) is 0 Å². The Morgan fingerprint density at radius 1 is 1.20 bits per heavy atom. The highest BCUT2D eigenvalue weighted by atomic mass is 19.1. The third-order valence-electron chi connectivity index (χ3n) is 1.44. The average Bonchev–Trinajstić information content (AvgIpc) is 1.93. The Bertz CT molecular complexity index is 106. The summed E-state index contributed by atoms with van der Waals surface area (Å²) in [6, 6.07) is 0. The largest absolute Gasteiger partial charge is 0.387 e. The van der Waals surface area contributed by atoms with Crippen molar-refractivity contribution in [3.05, 3.63) is 0 Å². The normalized spacial score (nSPS) is 49.2. The van der Waals surface area contributed by atoms with E-state index in [0.717, 1.165) is 0 Å². The molecular formula is C5H9FO4. The van der Waals surface area contributed by atoms with Crippen LogP contribution in [0.1, 0.15) is 0 Å². The van der Waals surface area contributed by atoms with Gasteiger partial charge in [0.2, 0.25) is 0 Å². The maximum absolute atomic E-state index is 12.4. The van der Waals surface area contributed by atoms with Crippen molar-refractivity contribution in [2.75, 3.05) is 6.61 Å². The van der Waals surface area contributed by atoms with Crippen LogP contribution in [0.3, 0.4) is 0 Å². The van der Waals surface area contributed by atoms with Crippen LogP contribution in [-0.4, -0.2) is 46.6 Å². The first kappa shape index (κ1) is 7.87. The van der Waals surface area contributed by atoms with Gasteiger partial charge in [0.1, 0.15) is 12.2 Å². The van der Waals surface area contributed by atoms with Crippen LogP contribution < -0.4 is 0 Å². The molecule has 4 nitrogen and oxygen atoms in total. The fourth-order valence-corrected chi connectivity index (χ4v) is 0.770. The summed E-state index contributed by atoms with van der Waals surface area (Å²) in [7, 11) is 0. The minimum atomic E-state index is -1.61. The Morgan fingerprint density at radius 3 is 2.30 bits per heavy atom. The molecular weight excluding hydrogens is 143 g/mol. The van der Waals surface area contributed by atoms with Crippen LogP contribution in [0, 0.1) is 0 Å². The highest BCUT2D eigenvalue weighted by Crippen LogP contribution is 2.15.